The standard InChI is InChI=1S/C12H26N2O2S/c1-11(10-13-2)17(15,16)14-9-8-12-6-4-3-5-7-12/h11-14H,3-10H2,1-2H3. The summed E-state index contributed by atoms with van der Waals surface area (Å²) in [5.74, 6) is 0.728. The Morgan fingerprint density at radius 3 is 2.47 bits per heavy atom. The van der Waals surface area contributed by atoms with Crippen LogP contribution in [0.15, 0.2) is 0 Å². The van der Waals surface area contributed by atoms with E-state index >= 15 is 0 Å². The summed E-state index contributed by atoms with van der Waals surface area (Å²) < 4.78 is 26.3. The van der Waals surface area contributed by atoms with Gasteiger partial charge in [0.15, 0.2) is 0 Å². The van der Waals surface area contributed by atoms with Crippen molar-refractivity contribution in [3.05, 3.63) is 0 Å². The molecule has 0 saturated heterocycles. The lowest BCUT2D eigenvalue weighted by molar-refractivity contribution is 0.339. The molecule has 102 valence electrons. The predicted octanol–water partition coefficient (Wildman–Crippen LogP) is 1.48. The minimum atomic E-state index is -3.14. The van der Waals surface area contributed by atoms with E-state index in [2.05, 4.69) is 10.0 Å². The second kappa shape index (κ2) is 7.34. The van der Waals surface area contributed by atoms with Gasteiger partial charge in [-0.25, -0.2) is 13.1 Å². The molecule has 4 nitrogen and oxygen atoms in total. The highest BCUT2D eigenvalue weighted by Gasteiger charge is 2.20. The van der Waals surface area contributed by atoms with E-state index in [4.69, 9.17) is 0 Å². The van der Waals surface area contributed by atoms with Crippen LogP contribution in [0.1, 0.15) is 45.4 Å². The number of nitrogens with one attached hydrogen (secondary N) is 2. The Morgan fingerprint density at radius 2 is 1.88 bits per heavy atom. The zero-order valence-corrected chi connectivity index (χ0v) is 11.9. The molecule has 0 spiro atoms. The zero-order chi connectivity index (χ0) is 12.7. The van der Waals surface area contributed by atoms with E-state index in [1.165, 1.54) is 32.1 Å². The largest absolute Gasteiger partial charge is 0.318 e. The van der Waals surface area contributed by atoms with E-state index in [9.17, 15) is 8.42 Å². The van der Waals surface area contributed by atoms with Crippen molar-refractivity contribution < 1.29 is 8.42 Å². The van der Waals surface area contributed by atoms with Crippen molar-refractivity contribution in [2.75, 3.05) is 20.1 Å². The van der Waals surface area contributed by atoms with Crippen LogP contribution in [-0.4, -0.2) is 33.8 Å². The molecule has 1 fully saturated rings. The van der Waals surface area contributed by atoms with Gasteiger partial charge >= 0.3 is 0 Å². The highest BCUT2D eigenvalue weighted by atomic mass is 32.2. The van der Waals surface area contributed by atoms with Crippen LogP contribution in [0.2, 0.25) is 0 Å². The van der Waals surface area contributed by atoms with Crippen LogP contribution in [0.3, 0.4) is 0 Å². The van der Waals surface area contributed by atoms with E-state index in [1.807, 2.05) is 0 Å². The summed E-state index contributed by atoms with van der Waals surface area (Å²) >= 11 is 0. The first-order valence-corrected chi connectivity index (χ1v) is 8.24. The van der Waals surface area contributed by atoms with Crippen LogP contribution >= 0.6 is 0 Å². The molecule has 1 aliphatic carbocycles. The maximum absolute atomic E-state index is 11.8. The van der Waals surface area contributed by atoms with Gasteiger partial charge in [-0.15, -0.1) is 0 Å². The molecule has 17 heavy (non-hydrogen) atoms. The second-order valence-corrected chi connectivity index (χ2v) is 7.28. The molecule has 1 aliphatic rings. The second-order valence-electron chi connectivity index (χ2n) is 5.10. The van der Waals surface area contributed by atoms with Gasteiger partial charge in [-0.3, -0.25) is 0 Å². The maximum atomic E-state index is 11.8. The molecule has 0 radical (unpaired) electrons. The Labute approximate surface area is 106 Å². The lowest BCUT2D eigenvalue weighted by Gasteiger charge is -2.22. The summed E-state index contributed by atoms with van der Waals surface area (Å²) in [6.45, 7) is 2.83. The third kappa shape index (κ3) is 5.36. The molecular weight excluding hydrogens is 236 g/mol. The molecule has 0 aromatic heterocycles. The van der Waals surface area contributed by atoms with Crippen LogP contribution in [0, 0.1) is 5.92 Å². The Morgan fingerprint density at radius 1 is 1.24 bits per heavy atom. The zero-order valence-electron chi connectivity index (χ0n) is 11.0. The Bertz CT molecular complexity index is 298. The van der Waals surface area contributed by atoms with Gasteiger partial charge in [0.1, 0.15) is 0 Å². The van der Waals surface area contributed by atoms with E-state index in [1.54, 1.807) is 14.0 Å². The molecule has 1 atom stereocenters. The maximum Gasteiger partial charge on any atom is 0.215 e. The van der Waals surface area contributed by atoms with E-state index in [-0.39, 0.29) is 5.25 Å². The van der Waals surface area contributed by atoms with Crippen molar-refractivity contribution in [3.63, 3.8) is 0 Å². The monoisotopic (exact) mass is 262 g/mol. The van der Waals surface area contributed by atoms with Crippen LogP contribution in [0.5, 0.6) is 0 Å². The van der Waals surface area contributed by atoms with Gasteiger partial charge in [0.25, 0.3) is 0 Å². The first-order chi connectivity index (χ1) is 8.06. The van der Waals surface area contributed by atoms with E-state index < -0.39 is 10.0 Å². The molecule has 0 aliphatic heterocycles. The lowest BCUT2D eigenvalue weighted by Crippen LogP contribution is -2.38. The SMILES string of the molecule is CNCC(C)S(=O)(=O)NCCC1CCCCC1. The predicted molar refractivity (Wildman–Crippen MR) is 71.5 cm³/mol. The molecule has 5 heteroatoms. The Kier molecular flexibility index (Phi) is 6.44. The summed E-state index contributed by atoms with van der Waals surface area (Å²) in [4.78, 5) is 0. The van der Waals surface area contributed by atoms with Crippen molar-refractivity contribution in [1.29, 1.82) is 0 Å². The van der Waals surface area contributed by atoms with Crippen LogP contribution < -0.4 is 10.0 Å². The minimum absolute atomic E-state index is 0.362. The van der Waals surface area contributed by atoms with Crippen molar-refractivity contribution in [2.45, 2.75) is 50.7 Å². The fraction of sp³-hybridized carbons (Fsp3) is 1.00. The van der Waals surface area contributed by atoms with Gasteiger partial charge in [-0.05, 0) is 26.3 Å². The summed E-state index contributed by atoms with van der Waals surface area (Å²) in [5.41, 5.74) is 0. The lowest BCUT2D eigenvalue weighted by atomic mass is 9.87. The highest BCUT2D eigenvalue weighted by molar-refractivity contribution is 7.90. The number of sulfonamides is 1. The van der Waals surface area contributed by atoms with Crippen LogP contribution in [0.4, 0.5) is 0 Å². The van der Waals surface area contributed by atoms with Crippen molar-refractivity contribution in [2.24, 2.45) is 5.92 Å². The first kappa shape index (κ1) is 14.9. The third-order valence-corrected chi connectivity index (χ3v) is 5.43. The summed E-state index contributed by atoms with van der Waals surface area (Å²) in [5, 5.41) is 2.53. The van der Waals surface area contributed by atoms with Gasteiger partial charge in [-0.2, -0.15) is 0 Å². The average Bonchev–Trinajstić information content (AvgIpc) is 2.30. The first-order valence-electron chi connectivity index (χ1n) is 6.69. The Balaban J connectivity index is 2.24. The fourth-order valence-corrected chi connectivity index (χ4v) is 3.49. The van der Waals surface area contributed by atoms with Gasteiger partial charge in [-0.1, -0.05) is 32.1 Å². The molecule has 0 heterocycles. The molecule has 0 aromatic rings. The van der Waals surface area contributed by atoms with E-state index in [0.717, 1.165) is 12.3 Å². The van der Waals surface area contributed by atoms with Gasteiger partial charge in [0.05, 0.1) is 5.25 Å². The minimum Gasteiger partial charge on any atom is -0.318 e. The summed E-state index contributed by atoms with van der Waals surface area (Å²) in [6.07, 6.45) is 7.51. The molecule has 1 unspecified atom stereocenters. The molecule has 2 N–H and O–H groups in total. The van der Waals surface area contributed by atoms with Gasteiger partial charge in [0, 0.05) is 13.1 Å². The smallest absolute Gasteiger partial charge is 0.215 e. The van der Waals surface area contributed by atoms with Crippen molar-refractivity contribution >= 4 is 10.0 Å². The Hall–Kier alpha value is -0.130. The summed E-state index contributed by atoms with van der Waals surface area (Å²) in [7, 11) is -1.36. The molecule has 1 rings (SSSR count). The normalized spacial score (nSPS) is 20.4. The highest BCUT2D eigenvalue weighted by Crippen LogP contribution is 2.25. The number of hydrogen-bond donors (Lipinski definition) is 2. The van der Waals surface area contributed by atoms with Crippen molar-refractivity contribution in [1.82, 2.24) is 10.0 Å². The van der Waals surface area contributed by atoms with Crippen LogP contribution in [-0.2, 0) is 10.0 Å². The fourth-order valence-electron chi connectivity index (χ4n) is 2.42. The molecule has 0 aromatic carbocycles. The average molecular weight is 262 g/mol. The van der Waals surface area contributed by atoms with Crippen LogP contribution in [0.25, 0.3) is 0 Å². The summed E-state index contributed by atoms with van der Waals surface area (Å²) in [6, 6.07) is 0. The molecule has 0 bridgehead atoms. The third-order valence-electron chi connectivity index (χ3n) is 3.60. The molecule has 1 saturated carbocycles. The van der Waals surface area contributed by atoms with Crippen molar-refractivity contribution in [3.8, 4) is 0 Å². The number of hydrogen-bond acceptors (Lipinski definition) is 3. The quantitative estimate of drug-likeness (QED) is 0.731. The molecular formula is C12H26N2O2S. The van der Waals surface area contributed by atoms with Gasteiger partial charge in [0.2, 0.25) is 10.0 Å². The van der Waals surface area contributed by atoms with E-state index in [0.29, 0.717) is 13.1 Å². The molecule has 0 amide bonds. The van der Waals surface area contributed by atoms with Gasteiger partial charge < -0.3 is 5.32 Å². The number of rotatable bonds is 7. The topological polar surface area (TPSA) is 58.2 Å².